The van der Waals surface area contributed by atoms with E-state index in [9.17, 15) is 0 Å². The summed E-state index contributed by atoms with van der Waals surface area (Å²) in [6.45, 7) is 9.29. The molecule has 0 aromatic carbocycles. The Labute approximate surface area is 81.0 Å². The predicted molar refractivity (Wildman–Crippen MR) is 54.7 cm³/mol. The minimum Gasteiger partial charge on any atom is -0.374 e. The quantitative estimate of drug-likeness (QED) is 0.668. The molecule has 2 unspecified atom stereocenters. The van der Waals surface area contributed by atoms with Crippen LogP contribution in [0.25, 0.3) is 0 Å². The smallest absolute Gasteiger partial charge is 0.0850 e. The molecule has 0 aliphatic carbocycles. The molecule has 3 nitrogen and oxygen atoms in total. The summed E-state index contributed by atoms with van der Waals surface area (Å²) < 4.78 is 5.60. The fourth-order valence-corrected chi connectivity index (χ4v) is 1.70. The molecule has 3 heteroatoms. The maximum absolute atomic E-state index is 6.07. The fraction of sp³-hybridized carbons (Fsp3) is 1.00. The maximum Gasteiger partial charge on any atom is 0.0850 e. The lowest BCUT2D eigenvalue weighted by Gasteiger charge is -2.32. The number of nitrogens with two attached hydrogens (primary N) is 1. The van der Waals surface area contributed by atoms with E-state index < -0.39 is 0 Å². The minimum absolute atomic E-state index is 0.160. The Bertz CT molecular complexity index is 147. The minimum atomic E-state index is 0.160. The first kappa shape index (κ1) is 11.0. The molecule has 0 aromatic rings. The highest BCUT2D eigenvalue weighted by Gasteiger charge is 2.25. The van der Waals surface area contributed by atoms with Gasteiger partial charge >= 0.3 is 0 Å². The first-order valence-electron chi connectivity index (χ1n) is 5.07. The maximum atomic E-state index is 6.07. The van der Waals surface area contributed by atoms with Crippen molar-refractivity contribution < 1.29 is 4.74 Å². The van der Waals surface area contributed by atoms with E-state index in [1.807, 2.05) is 0 Å². The van der Waals surface area contributed by atoms with Crippen LogP contribution in [0.4, 0.5) is 0 Å². The summed E-state index contributed by atoms with van der Waals surface area (Å²) in [5, 5.41) is 3.30. The Hall–Kier alpha value is -0.120. The van der Waals surface area contributed by atoms with E-state index in [2.05, 4.69) is 26.1 Å². The van der Waals surface area contributed by atoms with Gasteiger partial charge in [-0.2, -0.15) is 0 Å². The predicted octanol–water partition coefficient (Wildman–Crippen LogP) is 0.738. The van der Waals surface area contributed by atoms with Gasteiger partial charge in [-0.1, -0.05) is 20.8 Å². The van der Waals surface area contributed by atoms with E-state index in [0.29, 0.717) is 5.41 Å². The molecule has 2 atom stereocenters. The summed E-state index contributed by atoms with van der Waals surface area (Å²) >= 11 is 0. The topological polar surface area (TPSA) is 47.3 Å². The number of rotatable bonds is 2. The molecule has 0 saturated carbocycles. The second kappa shape index (κ2) is 4.40. The molecule has 78 valence electrons. The molecule has 0 aromatic heterocycles. The van der Waals surface area contributed by atoms with Gasteiger partial charge in [0.05, 0.1) is 12.7 Å². The number of hydrogen-bond donors (Lipinski definition) is 2. The molecule has 0 bridgehead atoms. The lowest BCUT2D eigenvalue weighted by Crippen LogP contribution is -2.49. The van der Waals surface area contributed by atoms with E-state index in [0.717, 1.165) is 26.1 Å². The number of nitrogens with one attached hydrogen (secondary N) is 1. The molecule has 1 saturated heterocycles. The molecule has 0 radical (unpaired) electrons. The summed E-state index contributed by atoms with van der Waals surface area (Å²) in [6, 6.07) is 0.160. The van der Waals surface area contributed by atoms with Gasteiger partial charge < -0.3 is 15.8 Å². The average Bonchev–Trinajstić information content (AvgIpc) is 2.03. The summed E-state index contributed by atoms with van der Waals surface area (Å²) in [6.07, 6.45) is 1.22. The Morgan fingerprint density at radius 3 is 2.69 bits per heavy atom. The molecule has 3 N–H and O–H groups in total. The van der Waals surface area contributed by atoms with E-state index >= 15 is 0 Å². The molecular formula is C10H22N2O. The van der Waals surface area contributed by atoms with Crippen LogP contribution >= 0.6 is 0 Å². The zero-order valence-corrected chi connectivity index (χ0v) is 8.97. The second-order valence-corrected chi connectivity index (χ2v) is 5.04. The van der Waals surface area contributed by atoms with Gasteiger partial charge in [0.2, 0.25) is 0 Å². The first-order chi connectivity index (χ1) is 5.99. The SMILES string of the molecule is CC(C)(C)CC(N)C1CNCCO1. The number of morpholine rings is 1. The fourth-order valence-electron chi connectivity index (χ4n) is 1.70. The van der Waals surface area contributed by atoms with Gasteiger partial charge in [-0.25, -0.2) is 0 Å². The van der Waals surface area contributed by atoms with E-state index in [1.165, 1.54) is 0 Å². The molecule has 0 spiro atoms. The van der Waals surface area contributed by atoms with Crippen molar-refractivity contribution >= 4 is 0 Å². The second-order valence-electron chi connectivity index (χ2n) is 5.04. The van der Waals surface area contributed by atoms with Gasteiger partial charge in [-0.3, -0.25) is 0 Å². The average molecular weight is 186 g/mol. The Balaban J connectivity index is 2.33. The molecule has 1 rings (SSSR count). The van der Waals surface area contributed by atoms with Crippen LogP contribution in [0.3, 0.4) is 0 Å². The highest BCUT2D eigenvalue weighted by Crippen LogP contribution is 2.22. The lowest BCUT2D eigenvalue weighted by molar-refractivity contribution is 0.00478. The highest BCUT2D eigenvalue weighted by atomic mass is 16.5. The lowest BCUT2D eigenvalue weighted by atomic mass is 9.86. The van der Waals surface area contributed by atoms with E-state index in [1.54, 1.807) is 0 Å². The van der Waals surface area contributed by atoms with Gasteiger partial charge in [0.1, 0.15) is 0 Å². The van der Waals surface area contributed by atoms with Gasteiger partial charge in [-0.15, -0.1) is 0 Å². The van der Waals surface area contributed by atoms with Crippen molar-refractivity contribution in [1.82, 2.24) is 5.32 Å². The summed E-state index contributed by atoms with van der Waals surface area (Å²) in [7, 11) is 0. The Morgan fingerprint density at radius 1 is 1.54 bits per heavy atom. The summed E-state index contributed by atoms with van der Waals surface area (Å²) in [5.74, 6) is 0. The van der Waals surface area contributed by atoms with E-state index in [4.69, 9.17) is 10.5 Å². The van der Waals surface area contributed by atoms with Crippen LogP contribution in [0, 0.1) is 5.41 Å². The standard InChI is InChI=1S/C10H22N2O/c1-10(2,3)6-8(11)9-7-12-4-5-13-9/h8-9,12H,4-7,11H2,1-3H3. The summed E-state index contributed by atoms with van der Waals surface area (Å²) in [5.41, 5.74) is 6.36. The zero-order chi connectivity index (χ0) is 9.90. The molecular weight excluding hydrogens is 164 g/mol. The third-order valence-electron chi connectivity index (χ3n) is 2.28. The Morgan fingerprint density at radius 2 is 2.23 bits per heavy atom. The van der Waals surface area contributed by atoms with Crippen LogP contribution in [-0.4, -0.2) is 31.8 Å². The van der Waals surface area contributed by atoms with Crippen molar-refractivity contribution in [2.24, 2.45) is 11.1 Å². The molecule has 1 aliphatic heterocycles. The van der Waals surface area contributed by atoms with Crippen molar-refractivity contribution in [2.75, 3.05) is 19.7 Å². The Kier molecular flexibility index (Phi) is 3.71. The number of hydrogen-bond acceptors (Lipinski definition) is 3. The van der Waals surface area contributed by atoms with Crippen LogP contribution in [0.5, 0.6) is 0 Å². The normalized spacial score (nSPS) is 27.2. The largest absolute Gasteiger partial charge is 0.374 e. The molecule has 1 aliphatic rings. The molecule has 13 heavy (non-hydrogen) atoms. The third-order valence-corrected chi connectivity index (χ3v) is 2.28. The van der Waals surface area contributed by atoms with Crippen molar-refractivity contribution in [1.29, 1.82) is 0 Å². The van der Waals surface area contributed by atoms with Crippen molar-refractivity contribution in [2.45, 2.75) is 39.3 Å². The number of ether oxygens (including phenoxy) is 1. The van der Waals surface area contributed by atoms with Crippen LogP contribution < -0.4 is 11.1 Å². The van der Waals surface area contributed by atoms with Gasteiger partial charge in [-0.05, 0) is 11.8 Å². The van der Waals surface area contributed by atoms with Gasteiger partial charge in [0.25, 0.3) is 0 Å². The molecule has 1 heterocycles. The highest BCUT2D eigenvalue weighted by molar-refractivity contribution is 4.82. The molecule has 1 fully saturated rings. The monoisotopic (exact) mass is 186 g/mol. The van der Waals surface area contributed by atoms with E-state index in [-0.39, 0.29) is 12.1 Å². The summed E-state index contributed by atoms with van der Waals surface area (Å²) in [4.78, 5) is 0. The van der Waals surface area contributed by atoms with Crippen LogP contribution in [0.1, 0.15) is 27.2 Å². The van der Waals surface area contributed by atoms with Crippen molar-refractivity contribution in [3.63, 3.8) is 0 Å². The van der Waals surface area contributed by atoms with Crippen LogP contribution in [0.2, 0.25) is 0 Å². The van der Waals surface area contributed by atoms with Crippen molar-refractivity contribution in [3.8, 4) is 0 Å². The zero-order valence-electron chi connectivity index (χ0n) is 8.97. The third kappa shape index (κ3) is 4.07. The molecule has 0 amide bonds. The van der Waals surface area contributed by atoms with Gasteiger partial charge in [0.15, 0.2) is 0 Å². The van der Waals surface area contributed by atoms with Gasteiger partial charge in [0, 0.05) is 19.1 Å². The first-order valence-corrected chi connectivity index (χ1v) is 5.07. The van der Waals surface area contributed by atoms with Crippen LogP contribution in [-0.2, 0) is 4.74 Å². The van der Waals surface area contributed by atoms with Crippen molar-refractivity contribution in [3.05, 3.63) is 0 Å². The van der Waals surface area contributed by atoms with Crippen LogP contribution in [0.15, 0.2) is 0 Å².